The predicted molar refractivity (Wildman–Crippen MR) is 168 cm³/mol. The minimum atomic E-state index is -0.349. The van der Waals surface area contributed by atoms with Crippen LogP contribution in [0.3, 0.4) is 0 Å². The van der Waals surface area contributed by atoms with Crippen molar-refractivity contribution in [1.29, 1.82) is 0 Å². The van der Waals surface area contributed by atoms with E-state index in [1.807, 2.05) is 51.1 Å². The van der Waals surface area contributed by atoms with Crippen molar-refractivity contribution in [2.75, 3.05) is 50.8 Å². The predicted octanol–water partition coefficient (Wildman–Crippen LogP) is 4.55. The molecule has 3 aliphatic rings. The molecule has 42 heavy (non-hydrogen) atoms. The van der Waals surface area contributed by atoms with Crippen molar-refractivity contribution in [3.63, 3.8) is 0 Å². The summed E-state index contributed by atoms with van der Waals surface area (Å²) in [5.41, 5.74) is 7.21. The number of alkyl carbamates (subject to hydrolysis) is 1. The quantitative estimate of drug-likeness (QED) is 0.400. The number of rotatable bonds is 9. The van der Waals surface area contributed by atoms with E-state index in [-0.39, 0.29) is 17.5 Å². The molecule has 9 heteroatoms. The third-order valence-electron chi connectivity index (χ3n) is 9.17. The van der Waals surface area contributed by atoms with Gasteiger partial charge in [-0.25, -0.2) is 9.78 Å². The number of ether oxygens (including phenoxy) is 1. The van der Waals surface area contributed by atoms with Crippen molar-refractivity contribution in [2.24, 2.45) is 23.5 Å². The summed E-state index contributed by atoms with van der Waals surface area (Å²) in [6.07, 6.45) is 7.27. The van der Waals surface area contributed by atoms with Crippen LogP contribution in [0.4, 0.5) is 10.6 Å². The average Bonchev–Trinajstić information content (AvgIpc) is 2.96. The molecule has 0 atom stereocenters. The number of hydrogen-bond donors (Lipinski definition) is 3. The van der Waals surface area contributed by atoms with E-state index in [0.29, 0.717) is 36.6 Å². The number of carbonyl (C=O) groups is 2. The zero-order valence-electron chi connectivity index (χ0n) is 25.7. The van der Waals surface area contributed by atoms with Crippen LogP contribution in [0, 0.1) is 17.8 Å². The topological polar surface area (TPSA) is 113 Å². The highest BCUT2D eigenvalue weighted by molar-refractivity contribution is 6.07. The van der Waals surface area contributed by atoms with Crippen molar-refractivity contribution in [3.05, 3.63) is 35.9 Å². The van der Waals surface area contributed by atoms with Crippen molar-refractivity contribution in [2.45, 2.75) is 77.3 Å². The maximum atomic E-state index is 13.5. The molecule has 4 N–H and O–H groups in total. The number of benzene rings is 1. The van der Waals surface area contributed by atoms with E-state index in [2.05, 4.69) is 20.4 Å². The lowest BCUT2D eigenvalue weighted by atomic mass is 9.82. The summed E-state index contributed by atoms with van der Waals surface area (Å²) in [7, 11) is 0. The van der Waals surface area contributed by atoms with E-state index < -0.39 is 0 Å². The van der Waals surface area contributed by atoms with E-state index in [1.54, 1.807) is 0 Å². The summed E-state index contributed by atoms with van der Waals surface area (Å²) in [6, 6.07) is 10.3. The van der Waals surface area contributed by atoms with Gasteiger partial charge in [0.2, 0.25) is 0 Å². The van der Waals surface area contributed by atoms with Gasteiger partial charge in [0, 0.05) is 49.7 Å². The molecule has 9 nitrogen and oxygen atoms in total. The molecule has 2 saturated heterocycles. The van der Waals surface area contributed by atoms with E-state index in [4.69, 9.17) is 15.5 Å². The number of aromatic nitrogens is 1. The third kappa shape index (κ3) is 8.34. The second-order valence-corrected chi connectivity index (χ2v) is 13.9. The molecule has 3 heterocycles. The number of piperidine rings is 1. The van der Waals surface area contributed by atoms with Gasteiger partial charge < -0.3 is 30.9 Å². The van der Waals surface area contributed by atoms with Crippen LogP contribution in [-0.2, 0) is 4.74 Å². The molecule has 2 aromatic rings. The van der Waals surface area contributed by atoms with Gasteiger partial charge in [-0.05, 0) is 102 Å². The molecule has 230 valence electrons. The lowest BCUT2D eigenvalue weighted by Crippen LogP contribution is -2.55. The SMILES string of the molecule is CC(C)(C)NC(=O)OCC1CCC(CNC(=O)c2cc(N3CCC(CCN4CC(N)C4)CC3)nc3ccccc23)CC1. The van der Waals surface area contributed by atoms with E-state index >= 15 is 0 Å². The Bertz CT molecular complexity index is 1210. The second-order valence-electron chi connectivity index (χ2n) is 13.9. The average molecular weight is 579 g/mol. The smallest absolute Gasteiger partial charge is 0.407 e. The van der Waals surface area contributed by atoms with Crippen LogP contribution < -0.4 is 21.3 Å². The number of para-hydroxylation sites is 1. The van der Waals surface area contributed by atoms with Crippen LogP contribution in [0.2, 0.25) is 0 Å². The Morgan fingerprint density at radius 2 is 1.69 bits per heavy atom. The maximum absolute atomic E-state index is 13.5. The van der Waals surface area contributed by atoms with Gasteiger partial charge in [0.25, 0.3) is 5.91 Å². The summed E-state index contributed by atoms with van der Waals surface area (Å²) in [5.74, 6) is 2.44. The van der Waals surface area contributed by atoms with Crippen LogP contribution in [0.15, 0.2) is 30.3 Å². The molecule has 5 rings (SSSR count). The molecule has 2 amide bonds. The first-order valence-electron chi connectivity index (χ1n) is 16.0. The van der Waals surface area contributed by atoms with Gasteiger partial charge in [0.05, 0.1) is 17.7 Å². The number of hydrogen-bond acceptors (Lipinski definition) is 7. The molecule has 3 fully saturated rings. The summed E-state index contributed by atoms with van der Waals surface area (Å²) in [6.45, 7) is 12.1. The Labute approximate surface area is 250 Å². The van der Waals surface area contributed by atoms with Crippen molar-refractivity contribution in [1.82, 2.24) is 20.5 Å². The Kier molecular flexibility index (Phi) is 9.88. The molecule has 0 radical (unpaired) electrons. The first-order valence-corrected chi connectivity index (χ1v) is 16.0. The Balaban J connectivity index is 1.11. The highest BCUT2D eigenvalue weighted by atomic mass is 16.5. The molecule has 1 aromatic carbocycles. The van der Waals surface area contributed by atoms with Crippen LogP contribution >= 0.6 is 0 Å². The van der Waals surface area contributed by atoms with E-state index in [9.17, 15) is 9.59 Å². The molecular formula is C33H50N6O3. The lowest BCUT2D eigenvalue weighted by Gasteiger charge is -2.39. The van der Waals surface area contributed by atoms with Gasteiger partial charge in [-0.2, -0.15) is 0 Å². The number of fused-ring (bicyclic) bond motifs is 1. The third-order valence-corrected chi connectivity index (χ3v) is 9.17. The number of carbonyl (C=O) groups excluding carboxylic acids is 2. The number of likely N-dealkylation sites (tertiary alicyclic amines) is 1. The normalized spacial score (nSPS) is 22.5. The van der Waals surface area contributed by atoms with Gasteiger partial charge in [0.1, 0.15) is 5.82 Å². The highest BCUT2D eigenvalue weighted by Crippen LogP contribution is 2.30. The van der Waals surface area contributed by atoms with Gasteiger partial charge in [0.15, 0.2) is 0 Å². The number of nitrogens with two attached hydrogens (primary N) is 1. The minimum absolute atomic E-state index is 0.0261. The number of amides is 2. The number of pyridine rings is 1. The fourth-order valence-corrected chi connectivity index (χ4v) is 6.59. The van der Waals surface area contributed by atoms with Crippen molar-refractivity contribution >= 4 is 28.7 Å². The van der Waals surface area contributed by atoms with Gasteiger partial charge >= 0.3 is 6.09 Å². The molecule has 0 spiro atoms. The summed E-state index contributed by atoms with van der Waals surface area (Å²) in [4.78, 5) is 35.3. The molecule has 2 aliphatic heterocycles. The first kappa shape index (κ1) is 30.5. The molecule has 1 aromatic heterocycles. The molecule has 0 unspecified atom stereocenters. The maximum Gasteiger partial charge on any atom is 0.407 e. The number of nitrogens with zero attached hydrogens (tertiary/aromatic N) is 3. The van der Waals surface area contributed by atoms with Crippen LogP contribution in [0.1, 0.15) is 76.1 Å². The Hall–Kier alpha value is -2.91. The van der Waals surface area contributed by atoms with E-state index in [1.165, 1.54) is 6.42 Å². The highest BCUT2D eigenvalue weighted by Gasteiger charge is 2.27. The molecular weight excluding hydrogens is 528 g/mol. The minimum Gasteiger partial charge on any atom is -0.449 e. The van der Waals surface area contributed by atoms with Gasteiger partial charge in [-0.15, -0.1) is 0 Å². The standard InChI is InChI=1S/C33H50N6O3/c1-33(2,3)37-32(41)42-22-25-10-8-24(9-11-25)19-35-31(40)28-18-30(36-29-7-5-4-6-27(28)29)39-16-13-23(14-17-39)12-15-38-20-26(34)21-38/h4-7,18,23-26H,8-17,19-22,34H2,1-3H3,(H,35,40)(H,37,41). The summed E-state index contributed by atoms with van der Waals surface area (Å²) >= 11 is 0. The lowest BCUT2D eigenvalue weighted by molar-refractivity contribution is 0.0916. The van der Waals surface area contributed by atoms with Crippen molar-refractivity contribution in [3.8, 4) is 0 Å². The van der Waals surface area contributed by atoms with Crippen LogP contribution in [0.5, 0.6) is 0 Å². The Morgan fingerprint density at radius 1 is 1.00 bits per heavy atom. The van der Waals surface area contributed by atoms with Gasteiger partial charge in [-0.3, -0.25) is 4.79 Å². The molecule has 1 aliphatic carbocycles. The largest absolute Gasteiger partial charge is 0.449 e. The number of anilines is 1. The molecule has 0 bridgehead atoms. The molecule has 1 saturated carbocycles. The first-order chi connectivity index (χ1) is 20.1. The van der Waals surface area contributed by atoms with E-state index in [0.717, 1.165) is 93.9 Å². The summed E-state index contributed by atoms with van der Waals surface area (Å²) in [5, 5.41) is 6.98. The Morgan fingerprint density at radius 3 is 2.38 bits per heavy atom. The monoisotopic (exact) mass is 578 g/mol. The zero-order chi connectivity index (χ0) is 29.7. The summed E-state index contributed by atoms with van der Waals surface area (Å²) < 4.78 is 5.45. The van der Waals surface area contributed by atoms with Crippen LogP contribution in [0.25, 0.3) is 10.9 Å². The second kappa shape index (κ2) is 13.6. The van der Waals surface area contributed by atoms with Crippen LogP contribution in [-0.4, -0.2) is 79.3 Å². The fraction of sp³-hybridized carbons (Fsp3) is 0.667. The fourth-order valence-electron chi connectivity index (χ4n) is 6.59. The zero-order valence-corrected chi connectivity index (χ0v) is 25.7. The van der Waals surface area contributed by atoms with Gasteiger partial charge in [-0.1, -0.05) is 18.2 Å². The number of nitrogens with one attached hydrogen (secondary N) is 2. The van der Waals surface area contributed by atoms with Crippen molar-refractivity contribution < 1.29 is 14.3 Å².